The summed E-state index contributed by atoms with van der Waals surface area (Å²) in [4.78, 5) is 11.3. The van der Waals surface area contributed by atoms with Gasteiger partial charge < -0.3 is 5.73 Å². The number of rotatable bonds is 4. The number of nitrogens with one attached hydrogen (secondary N) is 1. The minimum absolute atomic E-state index is 0.0935. The first-order valence-corrected chi connectivity index (χ1v) is 4.67. The van der Waals surface area contributed by atoms with Crippen molar-refractivity contribution in [3.8, 4) is 0 Å². The molecule has 6 nitrogen and oxygen atoms in total. The molecule has 0 aliphatic carbocycles. The number of hydrogen-bond acceptors (Lipinski definition) is 6. The summed E-state index contributed by atoms with van der Waals surface area (Å²) in [5.41, 5.74) is 5.32. The molecular weight excluding hydrogens is 190 g/mol. The lowest BCUT2D eigenvalue weighted by molar-refractivity contribution is -0.119. The van der Waals surface area contributed by atoms with E-state index in [0.29, 0.717) is 18.1 Å². The summed E-state index contributed by atoms with van der Waals surface area (Å²) in [5, 5.41) is 9.97. The lowest BCUT2D eigenvalue weighted by Gasteiger charge is -2.07. The third-order valence-electron chi connectivity index (χ3n) is 1.58. The molecule has 7 heteroatoms. The van der Waals surface area contributed by atoms with Crippen LogP contribution in [0.5, 0.6) is 0 Å². The Balaban J connectivity index is 2.41. The fourth-order valence-corrected chi connectivity index (χ4v) is 1.16. The highest BCUT2D eigenvalue weighted by molar-refractivity contribution is 7.09. The predicted molar refractivity (Wildman–Crippen MR) is 49.2 cm³/mol. The minimum atomic E-state index is -0.103. The van der Waals surface area contributed by atoms with E-state index in [0.717, 1.165) is 11.5 Å². The molecule has 0 aromatic carbocycles. The predicted octanol–water partition coefficient (Wildman–Crippen LogP) is -0.144. The molecule has 0 bridgehead atoms. The van der Waals surface area contributed by atoms with Gasteiger partial charge in [-0.05, 0) is 18.2 Å². The van der Waals surface area contributed by atoms with E-state index in [4.69, 9.17) is 5.73 Å². The zero-order valence-corrected chi connectivity index (χ0v) is 8.04. The molecular formula is C6H11N5OS. The zero-order valence-electron chi connectivity index (χ0n) is 7.23. The molecule has 1 aromatic rings. The molecule has 1 rings (SSSR count). The second kappa shape index (κ2) is 4.83. The van der Waals surface area contributed by atoms with Crippen LogP contribution in [0, 0.1) is 5.92 Å². The van der Waals surface area contributed by atoms with Crippen LogP contribution in [0.2, 0.25) is 0 Å². The van der Waals surface area contributed by atoms with Crippen LogP contribution < -0.4 is 11.1 Å². The molecule has 1 amide bonds. The van der Waals surface area contributed by atoms with E-state index in [1.54, 1.807) is 0 Å². The lowest BCUT2D eigenvalue weighted by atomic mass is 10.1. The third-order valence-corrected chi connectivity index (χ3v) is 2.09. The van der Waals surface area contributed by atoms with Gasteiger partial charge >= 0.3 is 0 Å². The van der Waals surface area contributed by atoms with Gasteiger partial charge in [0, 0.05) is 17.5 Å². The molecule has 1 heterocycles. The summed E-state index contributed by atoms with van der Waals surface area (Å²) < 4.78 is 3.52. The van der Waals surface area contributed by atoms with Gasteiger partial charge in [-0.3, -0.25) is 10.1 Å². The standard InChI is InChI=1S/C6H11N5OS/c1-4(2-3-7)5(12)8-6-9-10-11-13-6/h4H,2-3,7H2,1H3,(H,8,9,11,12). The molecule has 0 fully saturated rings. The van der Waals surface area contributed by atoms with E-state index in [9.17, 15) is 4.79 Å². The van der Waals surface area contributed by atoms with Crippen molar-refractivity contribution in [3.05, 3.63) is 0 Å². The van der Waals surface area contributed by atoms with Crippen molar-refractivity contribution >= 4 is 22.6 Å². The number of anilines is 1. The monoisotopic (exact) mass is 201 g/mol. The van der Waals surface area contributed by atoms with E-state index in [1.807, 2.05) is 6.92 Å². The quantitative estimate of drug-likeness (QED) is 0.707. The number of hydrogen-bond donors (Lipinski definition) is 2. The van der Waals surface area contributed by atoms with Crippen LogP contribution in [0.4, 0.5) is 5.13 Å². The molecule has 0 saturated carbocycles. The first-order valence-electron chi connectivity index (χ1n) is 3.90. The highest BCUT2D eigenvalue weighted by Crippen LogP contribution is 2.08. The minimum Gasteiger partial charge on any atom is -0.330 e. The van der Waals surface area contributed by atoms with Gasteiger partial charge in [0.25, 0.3) is 0 Å². The van der Waals surface area contributed by atoms with Crippen molar-refractivity contribution in [2.45, 2.75) is 13.3 Å². The first-order chi connectivity index (χ1) is 6.24. The molecule has 3 N–H and O–H groups in total. The van der Waals surface area contributed by atoms with Crippen LogP contribution in [-0.4, -0.2) is 27.3 Å². The molecule has 1 aromatic heterocycles. The van der Waals surface area contributed by atoms with Crippen molar-refractivity contribution in [1.29, 1.82) is 0 Å². The Kier molecular flexibility index (Phi) is 3.71. The molecule has 72 valence electrons. The second-order valence-corrected chi connectivity index (χ2v) is 3.37. The van der Waals surface area contributed by atoms with Crippen molar-refractivity contribution < 1.29 is 4.79 Å². The van der Waals surface area contributed by atoms with Crippen molar-refractivity contribution in [2.24, 2.45) is 11.7 Å². The van der Waals surface area contributed by atoms with Crippen LogP contribution in [0.25, 0.3) is 0 Å². The van der Waals surface area contributed by atoms with Gasteiger partial charge in [0.1, 0.15) is 0 Å². The summed E-state index contributed by atoms with van der Waals surface area (Å²) in [6, 6.07) is 0. The van der Waals surface area contributed by atoms with E-state index in [-0.39, 0.29) is 11.8 Å². The Morgan fingerprint density at radius 2 is 2.54 bits per heavy atom. The largest absolute Gasteiger partial charge is 0.330 e. The molecule has 0 spiro atoms. The van der Waals surface area contributed by atoms with Gasteiger partial charge in [-0.15, -0.1) is 0 Å². The highest BCUT2D eigenvalue weighted by atomic mass is 32.1. The van der Waals surface area contributed by atoms with Gasteiger partial charge in [-0.2, -0.15) is 0 Å². The normalized spacial score (nSPS) is 12.5. The van der Waals surface area contributed by atoms with Crippen LogP contribution in [-0.2, 0) is 4.79 Å². The van der Waals surface area contributed by atoms with Gasteiger partial charge in [0.05, 0.1) is 0 Å². The second-order valence-electron chi connectivity index (χ2n) is 2.64. The topological polar surface area (TPSA) is 93.8 Å². The van der Waals surface area contributed by atoms with Crippen molar-refractivity contribution in [3.63, 3.8) is 0 Å². The van der Waals surface area contributed by atoms with E-state index < -0.39 is 0 Å². The first kappa shape index (κ1) is 10.0. The number of amides is 1. The number of nitrogens with two attached hydrogens (primary N) is 1. The smallest absolute Gasteiger partial charge is 0.231 e. The molecule has 0 saturated heterocycles. The average molecular weight is 201 g/mol. The highest BCUT2D eigenvalue weighted by Gasteiger charge is 2.13. The Bertz CT molecular complexity index is 262. The Labute approximate surface area is 79.7 Å². The fraction of sp³-hybridized carbons (Fsp3) is 0.667. The van der Waals surface area contributed by atoms with Crippen LogP contribution in [0.15, 0.2) is 0 Å². The molecule has 1 unspecified atom stereocenters. The summed E-state index contributed by atoms with van der Waals surface area (Å²) in [6.07, 6.45) is 0.665. The maximum atomic E-state index is 11.3. The SMILES string of the molecule is CC(CCN)C(=O)Nc1nnns1. The van der Waals surface area contributed by atoms with Crippen LogP contribution >= 0.6 is 11.5 Å². The van der Waals surface area contributed by atoms with Crippen LogP contribution in [0.3, 0.4) is 0 Å². The lowest BCUT2D eigenvalue weighted by Crippen LogP contribution is -2.22. The maximum absolute atomic E-state index is 11.3. The van der Waals surface area contributed by atoms with Crippen molar-refractivity contribution in [1.82, 2.24) is 14.8 Å². The zero-order chi connectivity index (χ0) is 9.68. The van der Waals surface area contributed by atoms with E-state index in [1.165, 1.54) is 0 Å². The van der Waals surface area contributed by atoms with Crippen molar-refractivity contribution in [2.75, 3.05) is 11.9 Å². The summed E-state index contributed by atoms with van der Waals surface area (Å²) in [6.45, 7) is 2.32. The Morgan fingerprint density at radius 1 is 1.77 bits per heavy atom. The number of carbonyl (C=O) groups is 1. The number of nitrogens with zero attached hydrogens (tertiary/aromatic N) is 3. The summed E-state index contributed by atoms with van der Waals surface area (Å²) in [5.74, 6) is -0.196. The van der Waals surface area contributed by atoms with Gasteiger partial charge in [-0.25, -0.2) is 0 Å². The van der Waals surface area contributed by atoms with Gasteiger partial charge in [0.2, 0.25) is 11.0 Å². The van der Waals surface area contributed by atoms with Gasteiger partial charge in [0.15, 0.2) is 0 Å². The summed E-state index contributed by atoms with van der Waals surface area (Å²) >= 11 is 1.05. The van der Waals surface area contributed by atoms with Crippen LogP contribution in [0.1, 0.15) is 13.3 Å². The Morgan fingerprint density at radius 3 is 3.08 bits per heavy atom. The molecule has 0 radical (unpaired) electrons. The fourth-order valence-electron chi connectivity index (χ4n) is 0.792. The van der Waals surface area contributed by atoms with E-state index in [2.05, 4.69) is 20.1 Å². The molecule has 0 aliphatic rings. The summed E-state index contributed by atoms with van der Waals surface area (Å²) in [7, 11) is 0. The van der Waals surface area contributed by atoms with Gasteiger partial charge in [-0.1, -0.05) is 16.5 Å². The maximum Gasteiger partial charge on any atom is 0.231 e. The molecule has 0 aliphatic heterocycles. The number of carbonyl (C=O) groups excluding carboxylic acids is 1. The van der Waals surface area contributed by atoms with E-state index >= 15 is 0 Å². The average Bonchev–Trinajstić information content (AvgIpc) is 2.57. The molecule has 13 heavy (non-hydrogen) atoms. The number of aromatic nitrogens is 3. The Hall–Kier alpha value is -1.08. The third kappa shape index (κ3) is 3.03. The molecule has 1 atom stereocenters.